The highest BCUT2D eigenvalue weighted by molar-refractivity contribution is 6.11. The third kappa shape index (κ3) is 2.61. The Bertz CT molecular complexity index is 753. The molecule has 1 N–H and O–H groups in total. The number of hydrogen-bond acceptors (Lipinski definition) is 2. The summed E-state index contributed by atoms with van der Waals surface area (Å²) in [5, 5.41) is 3.03. The monoisotopic (exact) mass is 306 g/mol. The van der Waals surface area contributed by atoms with Crippen LogP contribution in [0.15, 0.2) is 54.6 Å². The number of anilines is 1. The summed E-state index contributed by atoms with van der Waals surface area (Å²) in [6.45, 7) is 0. The number of carbonyl (C=O) groups is 2. The first-order chi connectivity index (χ1) is 11.2. The van der Waals surface area contributed by atoms with Crippen LogP contribution < -0.4 is 10.2 Å². The van der Waals surface area contributed by atoms with Crippen molar-refractivity contribution in [2.75, 3.05) is 4.90 Å². The number of hydrogen-bond donors (Lipinski definition) is 1. The van der Waals surface area contributed by atoms with Gasteiger partial charge in [0.05, 0.1) is 0 Å². The minimum Gasteiger partial charge on any atom is -0.352 e. The number of carbonyl (C=O) groups excluding carboxylic acids is 2. The number of rotatable bonds is 3. The van der Waals surface area contributed by atoms with E-state index in [0.717, 1.165) is 24.1 Å². The van der Waals surface area contributed by atoms with E-state index < -0.39 is 6.04 Å². The van der Waals surface area contributed by atoms with Crippen molar-refractivity contribution in [1.82, 2.24) is 5.32 Å². The van der Waals surface area contributed by atoms with Gasteiger partial charge in [0.15, 0.2) is 0 Å². The summed E-state index contributed by atoms with van der Waals surface area (Å²) in [6, 6.07) is 16.7. The van der Waals surface area contributed by atoms with E-state index in [2.05, 4.69) is 5.32 Å². The molecule has 1 fully saturated rings. The molecular weight excluding hydrogens is 288 g/mol. The zero-order valence-corrected chi connectivity index (χ0v) is 12.7. The molecule has 116 valence electrons. The SMILES string of the molecule is O=C(NC1CC1)C1Cc2ccccc2N1C(=O)c1ccccc1. The van der Waals surface area contributed by atoms with E-state index in [1.54, 1.807) is 17.0 Å². The molecule has 1 aliphatic carbocycles. The first-order valence-electron chi connectivity index (χ1n) is 8.01. The van der Waals surface area contributed by atoms with Gasteiger partial charge in [0.25, 0.3) is 5.91 Å². The highest BCUT2D eigenvalue weighted by Gasteiger charge is 2.40. The van der Waals surface area contributed by atoms with E-state index in [-0.39, 0.29) is 11.8 Å². The van der Waals surface area contributed by atoms with Gasteiger partial charge < -0.3 is 5.32 Å². The first-order valence-corrected chi connectivity index (χ1v) is 8.01. The van der Waals surface area contributed by atoms with Crippen molar-refractivity contribution in [3.63, 3.8) is 0 Å². The Kier molecular flexibility index (Phi) is 3.37. The number of fused-ring (bicyclic) bond motifs is 1. The van der Waals surface area contributed by atoms with Crippen LogP contribution in [0.2, 0.25) is 0 Å². The van der Waals surface area contributed by atoms with Crippen molar-refractivity contribution in [3.8, 4) is 0 Å². The van der Waals surface area contributed by atoms with Crippen molar-refractivity contribution in [3.05, 3.63) is 65.7 Å². The number of nitrogens with one attached hydrogen (secondary N) is 1. The fourth-order valence-electron chi connectivity index (χ4n) is 3.09. The Labute approximate surface area is 135 Å². The third-order valence-electron chi connectivity index (χ3n) is 4.44. The fourth-order valence-corrected chi connectivity index (χ4v) is 3.09. The Hall–Kier alpha value is -2.62. The maximum atomic E-state index is 13.0. The smallest absolute Gasteiger partial charge is 0.259 e. The molecule has 1 aliphatic heterocycles. The van der Waals surface area contributed by atoms with Crippen LogP contribution in [0, 0.1) is 0 Å². The van der Waals surface area contributed by atoms with Crippen LogP contribution in [0.4, 0.5) is 5.69 Å². The second-order valence-corrected chi connectivity index (χ2v) is 6.17. The predicted molar refractivity (Wildman–Crippen MR) is 88.4 cm³/mol. The molecule has 1 unspecified atom stereocenters. The maximum Gasteiger partial charge on any atom is 0.259 e. The van der Waals surface area contributed by atoms with Crippen molar-refractivity contribution >= 4 is 17.5 Å². The van der Waals surface area contributed by atoms with Crippen LogP contribution in [0.3, 0.4) is 0 Å². The molecule has 2 aromatic carbocycles. The quantitative estimate of drug-likeness (QED) is 0.947. The molecule has 0 bridgehead atoms. The van der Waals surface area contributed by atoms with Crippen molar-refractivity contribution in [2.45, 2.75) is 31.3 Å². The van der Waals surface area contributed by atoms with Crippen LogP contribution in [0.5, 0.6) is 0 Å². The van der Waals surface area contributed by atoms with Gasteiger partial charge in [-0.15, -0.1) is 0 Å². The minimum absolute atomic E-state index is 0.0482. The lowest BCUT2D eigenvalue weighted by Crippen LogP contribution is -2.48. The average molecular weight is 306 g/mol. The van der Waals surface area contributed by atoms with Crippen LogP contribution in [-0.2, 0) is 11.2 Å². The molecule has 4 heteroatoms. The zero-order chi connectivity index (χ0) is 15.8. The summed E-state index contributed by atoms with van der Waals surface area (Å²) in [5.41, 5.74) is 2.50. The molecule has 4 rings (SSSR count). The van der Waals surface area contributed by atoms with Crippen molar-refractivity contribution in [1.29, 1.82) is 0 Å². The summed E-state index contributed by atoms with van der Waals surface area (Å²) >= 11 is 0. The highest BCUT2D eigenvalue weighted by Crippen LogP contribution is 2.34. The van der Waals surface area contributed by atoms with Gasteiger partial charge in [0.1, 0.15) is 6.04 Å². The molecule has 0 saturated heterocycles. The molecule has 0 radical (unpaired) electrons. The number of amides is 2. The van der Waals surface area contributed by atoms with E-state index in [0.29, 0.717) is 18.0 Å². The van der Waals surface area contributed by atoms with E-state index in [9.17, 15) is 9.59 Å². The van der Waals surface area contributed by atoms with Gasteiger partial charge >= 0.3 is 0 Å². The Morgan fingerprint density at radius 3 is 2.39 bits per heavy atom. The Balaban J connectivity index is 1.69. The molecule has 1 heterocycles. The van der Waals surface area contributed by atoms with Crippen molar-refractivity contribution < 1.29 is 9.59 Å². The second-order valence-electron chi connectivity index (χ2n) is 6.17. The molecule has 1 saturated carbocycles. The van der Waals surface area contributed by atoms with Gasteiger partial charge in [-0.3, -0.25) is 14.5 Å². The molecule has 0 aromatic heterocycles. The average Bonchev–Trinajstić information content (AvgIpc) is 3.31. The molecule has 1 atom stereocenters. The van der Waals surface area contributed by atoms with Gasteiger partial charge in [0, 0.05) is 23.7 Å². The Morgan fingerprint density at radius 2 is 1.65 bits per heavy atom. The van der Waals surface area contributed by atoms with Gasteiger partial charge in [-0.1, -0.05) is 36.4 Å². The topological polar surface area (TPSA) is 49.4 Å². The predicted octanol–water partition coefficient (Wildman–Crippen LogP) is 2.54. The molecule has 2 aliphatic rings. The van der Waals surface area contributed by atoms with E-state index in [1.807, 2.05) is 42.5 Å². The molecule has 2 amide bonds. The van der Waals surface area contributed by atoms with E-state index in [4.69, 9.17) is 0 Å². The lowest BCUT2D eigenvalue weighted by Gasteiger charge is -2.25. The molecule has 0 spiro atoms. The normalized spacial score (nSPS) is 19.3. The fraction of sp³-hybridized carbons (Fsp3) is 0.263. The summed E-state index contributed by atoms with van der Waals surface area (Å²) in [5.74, 6) is -0.167. The molecule has 4 nitrogen and oxygen atoms in total. The summed E-state index contributed by atoms with van der Waals surface area (Å²) in [6.07, 6.45) is 2.66. The van der Waals surface area contributed by atoms with E-state index >= 15 is 0 Å². The first kappa shape index (κ1) is 14.0. The van der Waals surface area contributed by atoms with Gasteiger partial charge in [0.2, 0.25) is 5.91 Å². The number of para-hydroxylation sites is 1. The number of nitrogens with zero attached hydrogens (tertiary/aromatic N) is 1. The number of benzene rings is 2. The summed E-state index contributed by atoms with van der Waals surface area (Å²) in [7, 11) is 0. The third-order valence-corrected chi connectivity index (χ3v) is 4.44. The summed E-state index contributed by atoms with van der Waals surface area (Å²) in [4.78, 5) is 27.2. The lowest BCUT2D eigenvalue weighted by molar-refractivity contribution is -0.122. The minimum atomic E-state index is -0.458. The molecular formula is C19H18N2O2. The molecule has 23 heavy (non-hydrogen) atoms. The van der Waals surface area contributed by atoms with Crippen molar-refractivity contribution in [2.24, 2.45) is 0 Å². The van der Waals surface area contributed by atoms with Gasteiger partial charge in [-0.05, 0) is 36.6 Å². The lowest BCUT2D eigenvalue weighted by atomic mass is 10.1. The largest absolute Gasteiger partial charge is 0.352 e. The standard InChI is InChI=1S/C19H18N2O2/c22-18(20-15-10-11-15)17-12-14-8-4-5-9-16(14)21(17)19(23)13-6-2-1-3-7-13/h1-9,15,17H,10-12H2,(H,20,22). The van der Waals surface area contributed by atoms with E-state index in [1.165, 1.54) is 0 Å². The highest BCUT2D eigenvalue weighted by atomic mass is 16.2. The van der Waals surface area contributed by atoms with Crippen LogP contribution in [0.1, 0.15) is 28.8 Å². The maximum absolute atomic E-state index is 13.0. The van der Waals surface area contributed by atoms with Gasteiger partial charge in [-0.25, -0.2) is 0 Å². The van der Waals surface area contributed by atoms with Crippen LogP contribution in [0.25, 0.3) is 0 Å². The van der Waals surface area contributed by atoms with Crippen LogP contribution in [-0.4, -0.2) is 23.9 Å². The second kappa shape index (κ2) is 5.54. The van der Waals surface area contributed by atoms with Crippen LogP contribution >= 0.6 is 0 Å². The zero-order valence-electron chi connectivity index (χ0n) is 12.7. The van der Waals surface area contributed by atoms with Gasteiger partial charge in [-0.2, -0.15) is 0 Å². The molecule has 2 aromatic rings. The Morgan fingerprint density at radius 1 is 0.957 bits per heavy atom. The summed E-state index contributed by atoms with van der Waals surface area (Å²) < 4.78 is 0.